The Morgan fingerprint density at radius 1 is 2.00 bits per heavy atom. The van der Waals surface area contributed by atoms with Crippen LogP contribution in [0.3, 0.4) is 0 Å². The summed E-state index contributed by atoms with van der Waals surface area (Å²) in [5.74, 6) is 1.49. The molecule has 0 spiro atoms. The number of terminal acetylenes is 1. The maximum absolute atomic E-state index is 12.7. The number of halogens is 1. The number of allylic oxidation sites excluding steroid dienone is 1. The minimum Gasteiger partial charge on any atom is -0.371 e. The fraction of sp³-hybridized carbons (Fsp3) is 0.500. The lowest BCUT2D eigenvalue weighted by Crippen LogP contribution is -2.24. The van der Waals surface area contributed by atoms with Crippen molar-refractivity contribution in [3.05, 3.63) is 11.9 Å². The van der Waals surface area contributed by atoms with Crippen LogP contribution in [0, 0.1) is 18.3 Å². The summed E-state index contributed by atoms with van der Waals surface area (Å²) in [5.41, 5.74) is -1.61. The zero-order valence-electron chi connectivity index (χ0n) is 5.76. The number of hydrogen-bond acceptors (Lipinski definition) is 1. The molecular weight excluding hydrogens is 131 g/mol. The third-order valence-corrected chi connectivity index (χ3v) is 1.68. The van der Waals surface area contributed by atoms with Gasteiger partial charge in [0.25, 0.3) is 0 Å². The van der Waals surface area contributed by atoms with Gasteiger partial charge in [0, 0.05) is 6.42 Å². The maximum atomic E-state index is 12.7. The summed E-state index contributed by atoms with van der Waals surface area (Å²) in [6.45, 7) is 1.81. The number of hydrogen-bond donors (Lipinski definition) is 1. The highest BCUT2D eigenvalue weighted by Gasteiger charge is 2.36. The lowest BCUT2D eigenvalue weighted by atomic mass is 10.0. The summed E-state index contributed by atoms with van der Waals surface area (Å²) >= 11 is 0. The molecule has 0 aromatic rings. The van der Waals surface area contributed by atoms with E-state index in [1.165, 1.54) is 6.08 Å². The van der Waals surface area contributed by atoms with Gasteiger partial charge in [-0.3, -0.25) is 0 Å². The first kappa shape index (κ1) is 7.30. The van der Waals surface area contributed by atoms with Crippen LogP contribution in [0.2, 0.25) is 0 Å². The Kier molecular flexibility index (Phi) is 1.53. The van der Waals surface area contributed by atoms with E-state index in [4.69, 9.17) is 6.42 Å². The molecule has 0 saturated heterocycles. The first-order chi connectivity index (χ1) is 4.58. The van der Waals surface area contributed by atoms with Crippen LogP contribution in [0.1, 0.15) is 13.3 Å². The minimum atomic E-state index is -1.61. The van der Waals surface area contributed by atoms with Gasteiger partial charge >= 0.3 is 0 Å². The first-order valence-corrected chi connectivity index (χ1v) is 3.16. The van der Waals surface area contributed by atoms with Gasteiger partial charge in [-0.1, -0.05) is 12.8 Å². The zero-order chi connectivity index (χ0) is 7.78. The van der Waals surface area contributed by atoms with E-state index >= 15 is 0 Å². The molecule has 0 radical (unpaired) electrons. The highest BCUT2D eigenvalue weighted by atomic mass is 19.1. The summed E-state index contributed by atoms with van der Waals surface area (Å²) in [6, 6.07) is 0. The average molecular weight is 140 g/mol. The molecule has 0 heterocycles. The smallest absolute Gasteiger partial charge is 0.177 e. The van der Waals surface area contributed by atoms with Gasteiger partial charge in [-0.15, -0.1) is 6.42 Å². The van der Waals surface area contributed by atoms with Crippen molar-refractivity contribution in [1.29, 1.82) is 0 Å². The Hall–Kier alpha value is -0.810. The topological polar surface area (TPSA) is 20.2 Å². The lowest BCUT2D eigenvalue weighted by Gasteiger charge is -2.14. The molecule has 1 rings (SSSR count). The number of rotatable bonds is 0. The molecule has 1 aliphatic rings. The summed E-state index contributed by atoms with van der Waals surface area (Å²) in [7, 11) is 0. The van der Waals surface area contributed by atoms with Crippen LogP contribution in [0.15, 0.2) is 11.9 Å². The molecular formula is C8H9FO. The van der Waals surface area contributed by atoms with Crippen LogP contribution < -0.4 is 0 Å². The van der Waals surface area contributed by atoms with Gasteiger partial charge in [0.2, 0.25) is 0 Å². The molecule has 0 unspecified atom stereocenters. The van der Waals surface area contributed by atoms with E-state index in [9.17, 15) is 9.50 Å². The molecule has 10 heavy (non-hydrogen) atoms. The SMILES string of the molecule is C#C[C@]1(O)C[C@@H](C)C=C1F. The number of aliphatic hydroxyl groups is 1. The van der Waals surface area contributed by atoms with E-state index in [-0.39, 0.29) is 5.92 Å². The molecule has 0 bridgehead atoms. The van der Waals surface area contributed by atoms with Gasteiger partial charge in [-0.2, -0.15) is 0 Å². The molecule has 2 heteroatoms. The van der Waals surface area contributed by atoms with Crippen LogP contribution in [0.5, 0.6) is 0 Å². The Balaban J connectivity index is 2.89. The summed E-state index contributed by atoms with van der Waals surface area (Å²) in [5, 5.41) is 9.26. The first-order valence-electron chi connectivity index (χ1n) is 3.16. The van der Waals surface area contributed by atoms with E-state index in [0.717, 1.165) is 0 Å². The van der Waals surface area contributed by atoms with E-state index in [1.807, 2.05) is 12.8 Å². The van der Waals surface area contributed by atoms with Crippen LogP contribution >= 0.6 is 0 Å². The van der Waals surface area contributed by atoms with Gasteiger partial charge in [-0.05, 0) is 12.0 Å². The van der Waals surface area contributed by atoms with Crippen molar-refractivity contribution in [3.63, 3.8) is 0 Å². The molecule has 2 atom stereocenters. The Bertz CT molecular complexity index is 214. The lowest BCUT2D eigenvalue weighted by molar-refractivity contribution is 0.110. The Labute approximate surface area is 59.6 Å². The Morgan fingerprint density at radius 3 is 2.80 bits per heavy atom. The van der Waals surface area contributed by atoms with E-state index < -0.39 is 11.4 Å². The fourth-order valence-corrected chi connectivity index (χ4v) is 1.14. The van der Waals surface area contributed by atoms with Gasteiger partial charge in [-0.25, -0.2) is 4.39 Å². The van der Waals surface area contributed by atoms with Crippen molar-refractivity contribution in [2.24, 2.45) is 5.92 Å². The maximum Gasteiger partial charge on any atom is 0.177 e. The van der Waals surface area contributed by atoms with Gasteiger partial charge in [0.15, 0.2) is 5.60 Å². The van der Waals surface area contributed by atoms with Crippen LogP contribution in [-0.2, 0) is 0 Å². The molecule has 1 aliphatic carbocycles. The molecule has 0 aliphatic heterocycles. The predicted octanol–water partition coefficient (Wildman–Crippen LogP) is 1.24. The van der Waals surface area contributed by atoms with Crippen molar-refractivity contribution in [1.82, 2.24) is 0 Å². The van der Waals surface area contributed by atoms with Crippen LogP contribution in [-0.4, -0.2) is 10.7 Å². The van der Waals surface area contributed by atoms with Crippen LogP contribution in [0.4, 0.5) is 4.39 Å². The highest BCUT2D eigenvalue weighted by Crippen LogP contribution is 2.33. The summed E-state index contributed by atoms with van der Waals surface area (Å²) < 4.78 is 12.7. The van der Waals surface area contributed by atoms with Crippen molar-refractivity contribution < 1.29 is 9.50 Å². The van der Waals surface area contributed by atoms with E-state index in [1.54, 1.807) is 0 Å². The quantitative estimate of drug-likeness (QED) is 0.502. The largest absolute Gasteiger partial charge is 0.371 e. The van der Waals surface area contributed by atoms with Gasteiger partial charge in [0.1, 0.15) is 5.83 Å². The third kappa shape index (κ3) is 0.932. The van der Waals surface area contributed by atoms with Gasteiger partial charge < -0.3 is 5.11 Å². The minimum absolute atomic E-state index is 0.0426. The summed E-state index contributed by atoms with van der Waals surface area (Å²) in [4.78, 5) is 0. The molecule has 1 N–H and O–H groups in total. The second kappa shape index (κ2) is 2.10. The second-order valence-electron chi connectivity index (χ2n) is 2.70. The molecule has 0 saturated carbocycles. The van der Waals surface area contributed by atoms with E-state index in [2.05, 4.69) is 0 Å². The normalized spacial score (nSPS) is 39.0. The van der Waals surface area contributed by atoms with E-state index in [0.29, 0.717) is 6.42 Å². The zero-order valence-corrected chi connectivity index (χ0v) is 5.76. The second-order valence-corrected chi connectivity index (χ2v) is 2.70. The third-order valence-electron chi connectivity index (χ3n) is 1.68. The molecule has 1 nitrogen and oxygen atoms in total. The van der Waals surface area contributed by atoms with Crippen LogP contribution in [0.25, 0.3) is 0 Å². The molecule has 54 valence electrons. The molecule has 0 amide bonds. The van der Waals surface area contributed by atoms with Crippen molar-refractivity contribution >= 4 is 0 Å². The average Bonchev–Trinajstić information content (AvgIpc) is 2.09. The predicted molar refractivity (Wildman–Crippen MR) is 36.8 cm³/mol. The van der Waals surface area contributed by atoms with Crippen molar-refractivity contribution in [2.45, 2.75) is 18.9 Å². The molecule has 0 fully saturated rings. The van der Waals surface area contributed by atoms with Crippen molar-refractivity contribution in [2.75, 3.05) is 0 Å². The van der Waals surface area contributed by atoms with Gasteiger partial charge in [0.05, 0.1) is 0 Å². The summed E-state index contributed by atoms with van der Waals surface area (Å²) in [6.07, 6.45) is 6.60. The van der Waals surface area contributed by atoms with Crippen molar-refractivity contribution in [3.8, 4) is 12.3 Å². The molecule has 0 aromatic carbocycles. The monoisotopic (exact) mass is 140 g/mol. The fourth-order valence-electron chi connectivity index (χ4n) is 1.14. The Morgan fingerprint density at radius 2 is 2.60 bits per heavy atom. The molecule has 0 aromatic heterocycles. The standard InChI is InChI=1S/C8H9FO/c1-3-8(10)5-6(2)4-7(8)9/h1,4,6,10H,5H2,2H3/t6-,8-/m0/s1. The highest BCUT2D eigenvalue weighted by molar-refractivity contribution is 5.29.